The van der Waals surface area contributed by atoms with Gasteiger partial charge >= 0.3 is 0 Å². The van der Waals surface area contributed by atoms with E-state index in [0.29, 0.717) is 29.6 Å². The number of amides is 1. The molecule has 0 atom stereocenters. The third kappa shape index (κ3) is 3.98. The second kappa shape index (κ2) is 6.76. The first kappa shape index (κ1) is 14.9. The molecular formula is C13H13ClFN3OS. The van der Waals surface area contributed by atoms with Crippen molar-refractivity contribution >= 4 is 36.0 Å². The van der Waals surface area contributed by atoms with E-state index in [1.54, 1.807) is 23.0 Å². The summed E-state index contributed by atoms with van der Waals surface area (Å²) in [4.78, 5) is 11.5. The van der Waals surface area contributed by atoms with E-state index < -0.39 is 0 Å². The number of thiol groups is 1. The maximum atomic E-state index is 12.8. The van der Waals surface area contributed by atoms with Gasteiger partial charge in [-0.2, -0.15) is 17.7 Å². The average Bonchev–Trinajstić information content (AvgIpc) is 2.73. The second-order valence-electron chi connectivity index (χ2n) is 4.17. The third-order valence-corrected chi connectivity index (χ3v) is 3.07. The molecule has 0 fully saturated rings. The highest BCUT2D eigenvalue weighted by Crippen LogP contribution is 2.20. The molecule has 4 nitrogen and oxygen atoms in total. The van der Waals surface area contributed by atoms with Crippen LogP contribution in [0.4, 0.5) is 10.2 Å². The highest BCUT2D eigenvalue weighted by atomic mass is 35.5. The molecule has 20 heavy (non-hydrogen) atoms. The van der Waals surface area contributed by atoms with Gasteiger partial charge in [0.1, 0.15) is 10.8 Å². The Morgan fingerprint density at radius 1 is 1.40 bits per heavy atom. The van der Waals surface area contributed by atoms with Crippen LogP contribution in [0.1, 0.15) is 12.0 Å². The van der Waals surface area contributed by atoms with Crippen molar-refractivity contribution < 1.29 is 9.18 Å². The highest BCUT2D eigenvalue weighted by molar-refractivity contribution is 7.80. The van der Waals surface area contributed by atoms with Crippen LogP contribution in [0.25, 0.3) is 0 Å². The summed E-state index contributed by atoms with van der Waals surface area (Å²) in [5, 5.41) is 7.16. The van der Waals surface area contributed by atoms with Gasteiger partial charge in [0.15, 0.2) is 5.82 Å². The van der Waals surface area contributed by atoms with Crippen LogP contribution in [0.15, 0.2) is 30.5 Å². The van der Waals surface area contributed by atoms with E-state index in [2.05, 4.69) is 23.0 Å². The van der Waals surface area contributed by atoms with Gasteiger partial charge in [-0.3, -0.25) is 9.48 Å². The van der Waals surface area contributed by atoms with E-state index >= 15 is 0 Å². The fourth-order valence-corrected chi connectivity index (χ4v) is 2.04. The topological polar surface area (TPSA) is 46.9 Å². The van der Waals surface area contributed by atoms with Crippen LogP contribution in [0.5, 0.6) is 0 Å². The Labute approximate surface area is 126 Å². The first-order chi connectivity index (χ1) is 9.58. The molecule has 0 aliphatic rings. The van der Waals surface area contributed by atoms with Gasteiger partial charge in [-0.1, -0.05) is 23.7 Å². The van der Waals surface area contributed by atoms with E-state index in [9.17, 15) is 9.18 Å². The Balaban J connectivity index is 2.06. The zero-order valence-electron chi connectivity index (χ0n) is 10.5. The van der Waals surface area contributed by atoms with Crippen LogP contribution >= 0.6 is 24.2 Å². The first-order valence-corrected chi connectivity index (χ1v) is 6.97. The molecule has 0 aliphatic carbocycles. The summed E-state index contributed by atoms with van der Waals surface area (Å²) >= 11 is 9.99. The average molecular weight is 314 g/mol. The lowest BCUT2D eigenvalue weighted by Gasteiger charge is -2.02. The number of halogens is 2. The standard InChI is InChI=1S/C13H13ClFN3OS/c14-11-8-18(7-9-1-3-10(15)4-2-9)17-13(11)16-12(19)5-6-20/h1-4,8,20H,5-7H2,(H,16,17,19). The van der Waals surface area contributed by atoms with Gasteiger partial charge in [0.05, 0.1) is 6.54 Å². The summed E-state index contributed by atoms with van der Waals surface area (Å²) in [6, 6.07) is 6.11. The van der Waals surface area contributed by atoms with Crippen molar-refractivity contribution in [3.63, 3.8) is 0 Å². The zero-order valence-corrected chi connectivity index (χ0v) is 12.2. The van der Waals surface area contributed by atoms with E-state index in [4.69, 9.17) is 11.6 Å². The molecule has 1 aromatic carbocycles. The predicted octanol–water partition coefficient (Wildman–Crippen LogP) is 2.98. The van der Waals surface area contributed by atoms with Gasteiger partial charge in [0.25, 0.3) is 0 Å². The number of benzene rings is 1. The number of hydrogen-bond donors (Lipinski definition) is 2. The molecule has 7 heteroatoms. The maximum Gasteiger partial charge on any atom is 0.226 e. The summed E-state index contributed by atoms with van der Waals surface area (Å²) in [5.74, 6) is 0.307. The fraction of sp³-hybridized carbons (Fsp3) is 0.231. The maximum absolute atomic E-state index is 12.8. The minimum atomic E-state index is -0.285. The molecule has 1 N–H and O–H groups in total. The van der Waals surface area contributed by atoms with Crippen LogP contribution in [-0.4, -0.2) is 21.4 Å². The number of carbonyl (C=O) groups is 1. The van der Waals surface area contributed by atoms with Gasteiger partial charge in [0, 0.05) is 12.6 Å². The van der Waals surface area contributed by atoms with Crippen LogP contribution < -0.4 is 5.32 Å². The summed E-state index contributed by atoms with van der Waals surface area (Å²) in [5.41, 5.74) is 0.888. The number of nitrogens with one attached hydrogen (secondary N) is 1. The Bertz CT molecular complexity index is 600. The molecule has 0 aliphatic heterocycles. The molecule has 0 bridgehead atoms. The van der Waals surface area contributed by atoms with E-state index in [1.807, 2.05) is 0 Å². The van der Waals surface area contributed by atoms with Gasteiger partial charge in [-0.25, -0.2) is 4.39 Å². The Morgan fingerprint density at radius 3 is 2.75 bits per heavy atom. The van der Waals surface area contributed by atoms with Gasteiger partial charge < -0.3 is 5.32 Å². The molecule has 0 spiro atoms. The SMILES string of the molecule is O=C(CCS)Nc1nn(Cc2ccc(F)cc2)cc1Cl. The first-order valence-electron chi connectivity index (χ1n) is 5.96. The fourth-order valence-electron chi connectivity index (χ4n) is 1.64. The molecule has 0 radical (unpaired) electrons. The smallest absolute Gasteiger partial charge is 0.226 e. The van der Waals surface area contributed by atoms with Crippen molar-refractivity contribution in [3.05, 3.63) is 46.9 Å². The normalized spacial score (nSPS) is 10.6. The number of hydrogen-bond acceptors (Lipinski definition) is 3. The molecule has 106 valence electrons. The van der Waals surface area contributed by atoms with E-state index in [1.165, 1.54) is 12.1 Å². The van der Waals surface area contributed by atoms with Crippen LogP contribution in [0.3, 0.4) is 0 Å². The third-order valence-electron chi connectivity index (χ3n) is 2.57. The second-order valence-corrected chi connectivity index (χ2v) is 5.03. The Kier molecular flexibility index (Phi) is 5.03. The van der Waals surface area contributed by atoms with Crippen molar-refractivity contribution in [2.24, 2.45) is 0 Å². The van der Waals surface area contributed by atoms with Gasteiger partial charge in [-0.15, -0.1) is 0 Å². The molecular weight excluding hydrogens is 301 g/mol. The largest absolute Gasteiger partial charge is 0.308 e. The lowest BCUT2D eigenvalue weighted by Crippen LogP contribution is -2.13. The van der Waals surface area contributed by atoms with Crippen molar-refractivity contribution in [1.82, 2.24) is 9.78 Å². The van der Waals surface area contributed by atoms with E-state index in [0.717, 1.165) is 5.56 Å². The lowest BCUT2D eigenvalue weighted by molar-refractivity contribution is -0.115. The number of nitrogens with zero attached hydrogens (tertiary/aromatic N) is 2. The summed E-state index contributed by atoms with van der Waals surface area (Å²) < 4.78 is 14.4. The monoisotopic (exact) mass is 313 g/mol. The molecule has 0 saturated heterocycles. The molecule has 1 heterocycles. The minimum Gasteiger partial charge on any atom is -0.308 e. The van der Waals surface area contributed by atoms with Crippen molar-refractivity contribution in [2.45, 2.75) is 13.0 Å². The number of aromatic nitrogens is 2. The minimum absolute atomic E-state index is 0.186. The summed E-state index contributed by atoms with van der Waals surface area (Å²) in [7, 11) is 0. The predicted molar refractivity (Wildman–Crippen MR) is 79.8 cm³/mol. The summed E-state index contributed by atoms with van der Waals surface area (Å²) in [6.45, 7) is 0.447. The molecule has 1 aromatic heterocycles. The summed E-state index contributed by atoms with van der Waals surface area (Å²) in [6.07, 6.45) is 1.91. The van der Waals surface area contributed by atoms with Crippen LogP contribution in [-0.2, 0) is 11.3 Å². The molecule has 2 rings (SSSR count). The number of rotatable bonds is 5. The quantitative estimate of drug-likeness (QED) is 0.834. The van der Waals surface area contributed by atoms with Crippen molar-refractivity contribution in [2.75, 3.05) is 11.1 Å². The molecule has 0 unspecified atom stereocenters. The number of anilines is 1. The lowest BCUT2D eigenvalue weighted by atomic mass is 10.2. The van der Waals surface area contributed by atoms with Crippen LogP contribution in [0, 0.1) is 5.82 Å². The van der Waals surface area contributed by atoms with E-state index in [-0.39, 0.29) is 11.7 Å². The Hall–Kier alpha value is -1.53. The van der Waals surface area contributed by atoms with Crippen molar-refractivity contribution in [3.8, 4) is 0 Å². The number of carbonyl (C=O) groups excluding carboxylic acids is 1. The van der Waals surface area contributed by atoms with Crippen molar-refractivity contribution in [1.29, 1.82) is 0 Å². The zero-order chi connectivity index (χ0) is 14.5. The molecule has 2 aromatic rings. The highest BCUT2D eigenvalue weighted by Gasteiger charge is 2.10. The molecule has 0 saturated carbocycles. The van der Waals surface area contributed by atoms with Gasteiger partial charge in [-0.05, 0) is 23.4 Å². The van der Waals surface area contributed by atoms with Crippen LogP contribution in [0.2, 0.25) is 5.02 Å². The Morgan fingerprint density at radius 2 is 2.10 bits per heavy atom. The van der Waals surface area contributed by atoms with Gasteiger partial charge in [0.2, 0.25) is 5.91 Å². The molecule has 1 amide bonds.